The van der Waals surface area contributed by atoms with Crippen LogP contribution in [0.4, 0.5) is 0 Å². The summed E-state index contributed by atoms with van der Waals surface area (Å²) in [7, 11) is 0. The van der Waals surface area contributed by atoms with E-state index >= 15 is 0 Å². The zero-order chi connectivity index (χ0) is 14.9. The number of hydrogen-bond donors (Lipinski definition) is 4. The van der Waals surface area contributed by atoms with Crippen molar-refractivity contribution in [1.82, 2.24) is 0 Å². The molecular formula is C8H12N2Na2O8. The van der Waals surface area contributed by atoms with E-state index < -0.39 is 48.8 Å². The summed E-state index contributed by atoms with van der Waals surface area (Å²) in [5, 5.41) is 35.4. The van der Waals surface area contributed by atoms with Gasteiger partial charge in [-0.25, -0.2) is 0 Å². The first kappa shape index (κ1) is 28.0. The van der Waals surface area contributed by atoms with Gasteiger partial charge in [0.2, 0.25) is 0 Å². The van der Waals surface area contributed by atoms with Crippen molar-refractivity contribution in [3.05, 3.63) is 0 Å². The Morgan fingerprint density at radius 1 is 0.900 bits per heavy atom. The van der Waals surface area contributed by atoms with Gasteiger partial charge in [0.15, 0.2) is 0 Å². The van der Waals surface area contributed by atoms with Crippen LogP contribution >= 0.6 is 0 Å². The van der Waals surface area contributed by atoms with Crippen molar-refractivity contribution in [3.8, 4) is 0 Å². The first-order valence-corrected chi connectivity index (χ1v) is 4.44. The number of nitrogens with two attached hydrogens (primary N) is 2. The molecule has 0 aliphatic carbocycles. The van der Waals surface area contributed by atoms with Gasteiger partial charge in [0.1, 0.15) is 6.04 Å². The average Bonchev–Trinajstić information content (AvgIpc) is 2.16. The third-order valence-electron chi connectivity index (χ3n) is 1.40. The van der Waals surface area contributed by atoms with Gasteiger partial charge in [-0.2, -0.15) is 0 Å². The Bertz CT molecular complexity index is 306. The maximum atomic E-state index is 9.85. The van der Waals surface area contributed by atoms with Gasteiger partial charge in [0.05, 0.1) is 12.4 Å². The molecule has 104 valence electrons. The fourth-order valence-electron chi connectivity index (χ4n) is 0.538. The predicted molar refractivity (Wildman–Crippen MR) is 50.5 cm³/mol. The van der Waals surface area contributed by atoms with Crippen LogP contribution in [0.1, 0.15) is 12.8 Å². The molecule has 2 atom stereocenters. The molecule has 0 fully saturated rings. The van der Waals surface area contributed by atoms with E-state index in [0.717, 1.165) is 0 Å². The van der Waals surface area contributed by atoms with Crippen LogP contribution in [0.2, 0.25) is 0 Å². The Morgan fingerprint density at radius 3 is 1.40 bits per heavy atom. The summed E-state index contributed by atoms with van der Waals surface area (Å²) < 4.78 is 0. The third kappa shape index (κ3) is 20.1. The summed E-state index contributed by atoms with van der Waals surface area (Å²) in [4.78, 5) is 39.0. The fraction of sp³-hybridized carbons (Fsp3) is 0.500. The van der Waals surface area contributed by atoms with E-state index in [1.165, 1.54) is 0 Å². The second-order valence-electron chi connectivity index (χ2n) is 3.04. The van der Waals surface area contributed by atoms with Crippen molar-refractivity contribution in [2.24, 2.45) is 11.5 Å². The summed E-state index contributed by atoms with van der Waals surface area (Å²) in [6.07, 6.45) is -1.24. The molecule has 0 radical (unpaired) electrons. The van der Waals surface area contributed by atoms with Gasteiger partial charge < -0.3 is 41.5 Å². The number of rotatable bonds is 6. The van der Waals surface area contributed by atoms with Crippen molar-refractivity contribution in [3.63, 3.8) is 0 Å². The van der Waals surface area contributed by atoms with E-state index in [9.17, 15) is 29.4 Å². The number of carboxylic acid groups (broad SMARTS) is 4. The van der Waals surface area contributed by atoms with Crippen LogP contribution in [-0.2, 0) is 19.2 Å². The largest absolute Gasteiger partial charge is 1.00 e. The normalized spacial score (nSPS) is 11.3. The second-order valence-corrected chi connectivity index (χ2v) is 3.04. The Balaban J connectivity index is -0.000000116. The third-order valence-corrected chi connectivity index (χ3v) is 1.40. The molecule has 0 bridgehead atoms. The minimum Gasteiger partial charge on any atom is -0.550 e. The van der Waals surface area contributed by atoms with Crippen LogP contribution in [0.5, 0.6) is 0 Å². The average molecular weight is 310 g/mol. The molecule has 0 saturated heterocycles. The van der Waals surface area contributed by atoms with Crippen LogP contribution in [-0.4, -0.2) is 46.2 Å². The van der Waals surface area contributed by atoms with Crippen LogP contribution in [0.25, 0.3) is 0 Å². The molecule has 0 aromatic rings. The number of carbonyl (C=O) groups is 4. The molecular weight excluding hydrogens is 298 g/mol. The monoisotopic (exact) mass is 310 g/mol. The van der Waals surface area contributed by atoms with Crippen LogP contribution in [0, 0.1) is 0 Å². The van der Waals surface area contributed by atoms with E-state index in [2.05, 4.69) is 0 Å². The summed E-state index contributed by atoms with van der Waals surface area (Å²) in [5.41, 5.74) is 9.57. The Kier molecular flexibility index (Phi) is 21.3. The second kappa shape index (κ2) is 15.2. The number of hydrogen-bond acceptors (Lipinski definition) is 8. The Morgan fingerprint density at radius 2 is 1.30 bits per heavy atom. The molecule has 0 aliphatic heterocycles. The molecule has 10 nitrogen and oxygen atoms in total. The molecule has 0 aliphatic rings. The number of aliphatic carboxylic acids is 4. The van der Waals surface area contributed by atoms with Crippen molar-refractivity contribution in [2.45, 2.75) is 24.9 Å². The Hall–Kier alpha value is -0.200. The van der Waals surface area contributed by atoms with Gasteiger partial charge in [-0.1, -0.05) is 0 Å². The number of carbonyl (C=O) groups excluding carboxylic acids is 2. The zero-order valence-electron chi connectivity index (χ0n) is 11.1. The van der Waals surface area contributed by atoms with Crippen molar-refractivity contribution in [1.29, 1.82) is 0 Å². The summed E-state index contributed by atoms with van der Waals surface area (Å²) in [6.45, 7) is 0. The topological polar surface area (TPSA) is 207 Å². The van der Waals surface area contributed by atoms with Crippen molar-refractivity contribution >= 4 is 23.9 Å². The molecule has 0 rings (SSSR count). The molecule has 6 N–H and O–H groups in total. The standard InChI is InChI=1S/2C4H7NO4.2Na/c2*5-2(4(8)9)1-3(6)7;;/h2*2H,1,5H2,(H,6,7)(H,8,9);;/q;;2*+1/p-2/t2*2-;;/m00../s1. The summed E-state index contributed by atoms with van der Waals surface area (Å²) >= 11 is 0. The van der Waals surface area contributed by atoms with Gasteiger partial charge in [-0.05, 0) is 0 Å². The maximum Gasteiger partial charge on any atom is 1.00 e. The van der Waals surface area contributed by atoms with E-state index in [1.807, 2.05) is 0 Å². The minimum absolute atomic E-state index is 0. The van der Waals surface area contributed by atoms with Gasteiger partial charge in [-0.3, -0.25) is 9.59 Å². The molecule has 0 spiro atoms. The number of carboxylic acids is 4. The summed E-state index contributed by atoms with van der Waals surface area (Å²) in [5.74, 6) is -5.58. The minimum atomic E-state index is -1.58. The van der Waals surface area contributed by atoms with E-state index in [4.69, 9.17) is 21.7 Å². The molecule has 0 amide bonds. The Labute approximate surface area is 158 Å². The predicted octanol–water partition coefficient (Wildman–Crippen LogP) is -10.9. The van der Waals surface area contributed by atoms with E-state index in [-0.39, 0.29) is 59.1 Å². The van der Waals surface area contributed by atoms with E-state index in [1.54, 1.807) is 0 Å². The molecule has 0 saturated carbocycles. The van der Waals surface area contributed by atoms with Gasteiger partial charge in [0, 0.05) is 18.4 Å². The molecule has 0 aromatic carbocycles. The fourth-order valence-corrected chi connectivity index (χ4v) is 0.538. The van der Waals surface area contributed by atoms with Gasteiger partial charge in [-0.15, -0.1) is 0 Å². The smallest absolute Gasteiger partial charge is 0.550 e. The van der Waals surface area contributed by atoms with Crippen molar-refractivity contribution in [2.75, 3.05) is 0 Å². The molecule has 20 heavy (non-hydrogen) atoms. The van der Waals surface area contributed by atoms with Crippen LogP contribution in [0.3, 0.4) is 0 Å². The maximum absolute atomic E-state index is 9.85. The SMILES string of the molecule is N[C@@H](CC(=O)O)C(=O)O.N[C@@H](CC(=O)[O-])C(=O)[O-].[Na+].[Na+]. The molecule has 0 aromatic heterocycles. The van der Waals surface area contributed by atoms with E-state index in [0.29, 0.717) is 0 Å². The first-order valence-electron chi connectivity index (χ1n) is 4.44. The first-order chi connectivity index (χ1) is 8.07. The molecule has 0 unspecified atom stereocenters. The van der Waals surface area contributed by atoms with Gasteiger partial charge >= 0.3 is 71.1 Å². The van der Waals surface area contributed by atoms with Crippen molar-refractivity contribution < 1.29 is 98.7 Å². The molecule has 12 heteroatoms. The van der Waals surface area contributed by atoms with Gasteiger partial charge in [0.25, 0.3) is 0 Å². The quantitative estimate of drug-likeness (QED) is 0.340. The zero-order valence-corrected chi connectivity index (χ0v) is 15.1. The molecule has 0 heterocycles. The van der Waals surface area contributed by atoms with Crippen LogP contribution in [0.15, 0.2) is 0 Å². The van der Waals surface area contributed by atoms with Crippen LogP contribution < -0.4 is 80.8 Å². The summed E-state index contributed by atoms with van der Waals surface area (Å²) in [6, 6.07) is -2.75.